The molecule has 0 amide bonds. The van der Waals surface area contributed by atoms with Crippen LogP contribution in [0.4, 0.5) is 0 Å². The van der Waals surface area contributed by atoms with Crippen LogP contribution in [0.25, 0.3) is 0 Å². The van der Waals surface area contributed by atoms with Crippen LogP contribution in [0.2, 0.25) is 0 Å². The SMILES string of the molecule is N#Cc1ccccc1CN1Cc2ccnn2CC(CN2CCCC2)C1. The summed E-state index contributed by atoms with van der Waals surface area (Å²) in [5.74, 6) is 0.577. The van der Waals surface area contributed by atoms with Crippen molar-refractivity contribution >= 4 is 0 Å². The Labute approximate surface area is 149 Å². The lowest BCUT2D eigenvalue weighted by Crippen LogP contribution is -2.35. The Balaban J connectivity index is 1.53. The van der Waals surface area contributed by atoms with Crippen molar-refractivity contribution in [1.29, 1.82) is 5.26 Å². The summed E-state index contributed by atoms with van der Waals surface area (Å²) in [5, 5.41) is 13.9. The van der Waals surface area contributed by atoms with E-state index in [9.17, 15) is 5.26 Å². The van der Waals surface area contributed by atoms with E-state index in [1.54, 1.807) is 0 Å². The topological polar surface area (TPSA) is 48.1 Å². The van der Waals surface area contributed by atoms with E-state index in [2.05, 4.69) is 37.8 Å². The molecular formula is C20H25N5. The van der Waals surface area contributed by atoms with Crippen molar-refractivity contribution in [3.05, 3.63) is 53.3 Å². The van der Waals surface area contributed by atoms with Crippen LogP contribution in [0.15, 0.2) is 36.5 Å². The average molecular weight is 335 g/mol. The summed E-state index contributed by atoms with van der Waals surface area (Å²) in [5.41, 5.74) is 3.19. The number of nitrogens with zero attached hydrogens (tertiary/aromatic N) is 5. The number of benzene rings is 1. The molecule has 0 saturated carbocycles. The lowest BCUT2D eigenvalue weighted by atomic mass is 10.1. The predicted molar refractivity (Wildman–Crippen MR) is 96.7 cm³/mol. The van der Waals surface area contributed by atoms with Crippen molar-refractivity contribution in [3.63, 3.8) is 0 Å². The largest absolute Gasteiger partial charge is 0.303 e. The fourth-order valence-corrected chi connectivity index (χ4v) is 4.19. The van der Waals surface area contributed by atoms with Crippen LogP contribution in [-0.2, 0) is 19.6 Å². The van der Waals surface area contributed by atoms with Gasteiger partial charge in [-0.05, 0) is 43.6 Å². The maximum Gasteiger partial charge on any atom is 0.0995 e. The second-order valence-electron chi connectivity index (χ2n) is 7.32. The molecule has 130 valence electrons. The van der Waals surface area contributed by atoms with Crippen LogP contribution in [0.5, 0.6) is 0 Å². The summed E-state index contributed by atoms with van der Waals surface area (Å²) >= 11 is 0. The maximum absolute atomic E-state index is 9.38. The highest BCUT2D eigenvalue weighted by Crippen LogP contribution is 2.21. The molecule has 1 saturated heterocycles. The summed E-state index contributed by atoms with van der Waals surface area (Å²) in [6, 6.07) is 12.4. The molecule has 5 nitrogen and oxygen atoms in total. The molecule has 5 heteroatoms. The van der Waals surface area contributed by atoms with Gasteiger partial charge in [0.1, 0.15) is 0 Å². The standard InChI is InChI=1S/C20H25N5/c21-11-18-5-1-2-6-19(18)15-24-13-17(12-23-9-3-4-10-23)14-25-20(16-24)7-8-22-25/h1-2,5-8,17H,3-4,9-10,12-16H2. The number of hydrogen-bond acceptors (Lipinski definition) is 4. The third-order valence-corrected chi connectivity index (χ3v) is 5.38. The second kappa shape index (κ2) is 7.38. The average Bonchev–Trinajstić information content (AvgIpc) is 3.25. The Hall–Kier alpha value is -2.16. The third kappa shape index (κ3) is 3.76. The second-order valence-corrected chi connectivity index (χ2v) is 7.32. The molecule has 0 radical (unpaired) electrons. The van der Waals surface area contributed by atoms with Gasteiger partial charge in [0, 0.05) is 44.8 Å². The summed E-state index contributed by atoms with van der Waals surface area (Å²) < 4.78 is 2.18. The van der Waals surface area contributed by atoms with Crippen LogP contribution < -0.4 is 0 Å². The molecule has 0 bridgehead atoms. The Morgan fingerprint density at radius 3 is 2.76 bits per heavy atom. The number of rotatable bonds is 4. The van der Waals surface area contributed by atoms with E-state index in [-0.39, 0.29) is 0 Å². The van der Waals surface area contributed by atoms with Gasteiger partial charge < -0.3 is 4.90 Å². The molecule has 1 aromatic heterocycles. The van der Waals surface area contributed by atoms with Gasteiger partial charge in [-0.15, -0.1) is 0 Å². The van der Waals surface area contributed by atoms with E-state index in [0.29, 0.717) is 5.92 Å². The first-order valence-corrected chi connectivity index (χ1v) is 9.25. The zero-order valence-corrected chi connectivity index (χ0v) is 14.6. The summed E-state index contributed by atoms with van der Waals surface area (Å²) in [6.07, 6.45) is 4.58. The van der Waals surface area contributed by atoms with Crippen LogP contribution in [-0.4, -0.2) is 45.8 Å². The molecule has 1 unspecified atom stereocenters. The smallest absolute Gasteiger partial charge is 0.0995 e. The molecule has 1 fully saturated rings. The maximum atomic E-state index is 9.38. The normalized spacial score (nSPS) is 21.6. The van der Waals surface area contributed by atoms with Gasteiger partial charge in [-0.1, -0.05) is 18.2 Å². The monoisotopic (exact) mass is 335 g/mol. The van der Waals surface area contributed by atoms with E-state index in [4.69, 9.17) is 0 Å². The van der Waals surface area contributed by atoms with E-state index in [1.807, 2.05) is 24.4 Å². The summed E-state index contributed by atoms with van der Waals surface area (Å²) in [4.78, 5) is 5.08. The molecule has 1 aromatic carbocycles. The van der Waals surface area contributed by atoms with E-state index >= 15 is 0 Å². The van der Waals surface area contributed by atoms with Gasteiger partial charge in [-0.2, -0.15) is 10.4 Å². The first-order valence-electron chi connectivity index (χ1n) is 9.25. The number of nitriles is 1. The highest BCUT2D eigenvalue weighted by molar-refractivity contribution is 5.37. The van der Waals surface area contributed by atoms with Gasteiger partial charge >= 0.3 is 0 Å². The first kappa shape index (κ1) is 16.3. The molecule has 1 atom stereocenters. The zero-order valence-electron chi connectivity index (χ0n) is 14.6. The molecule has 0 aliphatic carbocycles. The summed E-state index contributed by atoms with van der Waals surface area (Å²) in [6.45, 7) is 7.39. The van der Waals surface area contributed by atoms with Crippen molar-refractivity contribution in [3.8, 4) is 6.07 Å². The van der Waals surface area contributed by atoms with E-state index < -0.39 is 0 Å². The van der Waals surface area contributed by atoms with Gasteiger partial charge in [-0.25, -0.2) is 0 Å². The molecule has 3 heterocycles. The van der Waals surface area contributed by atoms with Gasteiger partial charge in [0.25, 0.3) is 0 Å². The highest BCUT2D eigenvalue weighted by atomic mass is 15.3. The minimum absolute atomic E-state index is 0.577. The fraction of sp³-hybridized carbons (Fsp3) is 0.500. The Bertz CT molecular complexity index is 753. The van der Waals surface area contributed by atoms with Crippen molar-refractivity contribution in [2.45, 2.75) is 32.5 Å². The molecule has 0 spiro atoms. The van der Waals surface area contributed by atoms with E-state index in [0.717, 1.165) is 43.9 Å². The lowest BCUT2D eigenvalue weighted by Gasteiger charge is -2.27. The first-order chi connectivity index (χ1) is 12.3. The molecule has 0 N–H and O–H groups in total. The molecule has 2 aromatic rings. The van der Waals surface area contributed by atoms with Crippen LogP contribution in [0.1, 0.15) is 29.7 Å². The predicted octanol–water partition coefficient (Wildman–Crippen LogP) is 2.48. The fourth-order valence-electron chi connectivity index (χ4n) is 4.19. The molecule has 25 heavy (non-hydrogen) atoms. The zero-order chi connectivity index (χ0) is 17.1. The minimum atomic E-state index is 0.577. The van der Waals surface area contributed by atoms with Gasteiger partial charge in [-0.3, -0.25) is 9.58 Å². The third-order valence-electron chi connectivity index (χ3n) is 5.38. The lowest BCUT2D eigenvalue weighted by molar-refractivity contribution is 0.182. The van der Waals surface area contributed by atoms with Gasteiger partial charge in [0.05, 0.1) is 17.3 Å². The van der Waals surface area contributed by atoms with Crippen molar-refractivity contribution in [1.82, 2.24) is 19.6 Å². The molecule has 2 aliphatic rings. The Morgan fingerprint density at radius 2 is 1.92 bits per heavy atom. The number of likely N-dealkylation sites (tertiary alicyclic amines) is 1. The van der Waals surface area contributed by atoms with Crippen molar-refractivity contribution in [2.24, 2.45) is 5.92 Å². The highest BCUT2D eigenvalue weighted by Gasteiger charge is 2.25. The van der Waals surface area contributed by atoms with E-state index in [1.165, 1.54) is 31.6 Å². The quantitative estimate of drug-likeness (QED) is 0.861. The Kier molecular flexibility index (Phi) is 4.82. The number of fused-ring (bicyclic) bond motifs is 1. The van der Waals surface area contributed by atoms with Crippen LogP contribution in [0.3, 0.4) is 0 Å². The van der Waals surface area contributed by atoms with Crippen LogP contribution >= 0.6 is 0 Å². The molecule has 4 rings (SSSR count). The van der Waals surface area contributed by atoms with Crippen molar-refractivity contribution in [2.75, 3.05) is 26.2 Å². The molecular weight excluding hydrogens is 310 g/mol. The summed E-state index contributed by atoms with van der Waals surface area (Å²) in [7, 11) is 0. The van der Waals surface area contributed by atoms with Gasteiger partial charge in [0.15, 0.2) is 0 Å². The Morgan fingerprint density at radius 1 is 1.08 bits per heavy atom. The minimum Gasteiger partial charge on any atom is -0.303 e. The van der Waals surface area contributed by atoms with Crippen LogP contribution in [0, 0.1) is 17.2 Å². The van der Waals surface area contributed by atoms with Crippen molar-refractivity contribution < 1.29 is 0 Å². The van der Waals surface area contributed by atoms with Gasteiger partial charge in [0.2, 0.25) is 0 Å². The molecule has 2 aliphatic heterocycles. The number of hydrogen-bond donors (Lipinski definition) is 0. The number of aromatic nitrogens is 2.